The van der Waals surface area contributed by atoms with Gasteiger partial charge in [-0.1, -0.05) is 54.2 Å². The summed E-state index contributed by atoms with van der Waals surface area (Å²) in [6.07, 6.45) is 6.88. The molecule has 0 N–H and O–H groups in total. The van der Waals surface area contributed by atoms with Crippen LogP contribution >= 0.6 is 0 Å². The van der Waals surface area contributed by atoms with Crippen LogP contribution < -0.4 is 0 Å². The van der Waals surface area contributed by atoms with Crippen LogP contribution in [0, 0.1) is 16.7 Å². The van der Waals surface area contributed by atoms with Crippen molar-refractivity contribution in [2.45, 2.75) is 54.9 Å². The van der Waals surface area contributed by atoms with E-state index < -0.39 is 0 Å². The van der Waals surface area contributed by atoms with Crippen molar-refractivity contribution in [3.63, 3.8) is 0 Å². The fourth-order valence-electron chi connectivity index (χ4n) is 1.99. The zero-order chi connectivity index (χ0) is 13.7. The molecular weight excluding hydrogens is 206 g/mol. The van der Waals surface area contributed by atoms with Gasteiger partial charge in [-0.3, -0.25) is 4.99 Å². The van der Waals surface area contributed by atoms with Crippen LogP contribution in [0.15, 0.2) is 29.4 Å². The van der Waals surface area contributed by atoms with Gasteiger partial charge in [0.25, 0.3) is 0 Å². The summed E-state index contributed by atoms with van der Waals surface area (Å²) in [7, 11) is 0. The molecular formula is C16H29N. The molecule has 0 rings (SSSR count). The Kier molecular flexibility index (Phi) is 5.87. The second-order valence-electron chi connectivity index (χ2n) is 6.90. The number of allylic oxidation sites excluding steroid dienone is 3. The predicted molar refractivity (Wildman–Crippen MR) is 79.5 cm³/mol. The molecule has 0 radical (unpaired) electrons. The topological polar surface area (TPSA) is 12.4 Å². The second-order valence-corrected chi connectivity index (χ2v) is 6.90. The average Bonchev–Trinajstić information content (AvgIpc) is 2.11. The minimum atomic E-state index is 0.217. The summed E-state index contributed by atoms with van der Waals surface area (Å²) in [6.45, 7) is 19.5. The van der Waals surface area contributed by atoms with Crippen LogP contribution in [-0.2, 0) is 0 Å². The van der Waals surface area contributed by atoms with Crippen molar-refractivity contribution in [1.82, 2.24) is 0 Å². The van der Waals surface area contributed by atoms with Crippen LogP contribution in [0.2, 0.25) is 0 Å². The molecule has 0 aliphatic heterocycles. The van der Waals surface area contributed by atoms with Gasteiger partial charge >= 0.3 is 0 Å². The van der Waals surface area contributed by atoms with Gasteiger partial charge in [-0.2, -0.15) is 0 Å². The van der Waals surface area contributed by atoms with Gasteiger partial charge in [-0.25, -0.2) is 0 Å². The lowest BCUT2D eigenvalue weighted by atomic mass is 9.70. The van der Waals surface area contributed by atoms with Crippen LogP contribution in [0.3, 0.4) is 0 Å². The standard InChI is InChI=1S/C16H29N/c1-9-11-14(17-10-2)13(16(6,7)8)12-15(3,4)5/h9-11,13H,1,12H2,2-8H3/b14-11-,17-10?. The number of nitrogens with zero attached hydrogens (tertiary/aromatic N) is 1. The number of hydrogen-bond donors (Lipinski definition) is 0. The Morgan fingerprint density at radius 1 is 1.18 bits per heavy atom. The molecule has 1 nitrogen and oxygen atoms in total. The Hall–Kier alpha value is -0.850. The number of aliphatic imine (C=N–C) groups is 1. The van der Waals surface area contributed by atoms with Gasteiger partial charge in [0.1, 0.15) is 0 Å². The maximum atomic E-state index is 4.53. The minimum Gasteiger partial charge on any atom is -0.266 e. The molecule has 17 heavy (non-hydrogen) atoms. The molecule has 0 aromatic carbocycles. The highest BCUT2D eigenvalue weighted by atomic mass is 14.7. The summed E-state index contributed by atoms with van der Waals surface area (Å²) in [6, 6.07) is 0. The Morgan fingerprint density at radius 2 is 1.71 bits per heavy atom. The molecule has 98 valence electrons. The zero-order valence-corrected chi connectivity index (χ0v) is 12.7. The summed E-state index contributed by atoms with van der Waals surface area (Å²) in [5.74, 6) is 0.455. The molecule has 1 unspecified atom stereocenters. The third kappa shape index (κ3) is 6.45. The van der Waals surface area contributed by atoms with E-state index >= 15 is 0 Å². The average molecular weight is 235 g/mol. The Balaban J connectivity index is 5.29. The van der Waals surface area contributed by atoms with Gasteiger partial charge in [0.05, 0.1) is 0 Å². The van der Waals surface area contributed by atoms with Crippen LogP contribution in [0.4, 0.5) is 0 Å². The molecule has 0 aliphatic rings. The largest absolute Gasteiger partial charge is 0.266 e. The minimum absolute atomic E-state index is 0.217. The van der Waals surface area contributed by atoms with Gasteiger partial charge in [0.15, 0.2) is 0 Å². The van der Waals surface area contributed by atoms with Crippen molar-refractivity contribution in [3.05, 3.63) is 24.4 Å². The first-order valence-electron chi connectivity index (χ1n) is 6.43. The van der Waals surface area contributed by atoms with Gasteiger partial charge in [0.2, 0.25) is 0 Å². The third-order valence-corrected chi connectivity index (χ3v) is 2.79. The first kappa shape index (κ1) is 16.1. The lowest BCUT2D eigenvalue weighted by Crippen LogP contribution is -2.26. The Bertz CT molecular complexity index is 294. The molecule has 0 heterocycles. The van der Waals surface area contributed by atoms with E-state index in [2.05, 4.69) is 53.1 Å². The lowest BCUT2D eigenvalue weighted by molar-refractivity contribution is 0.195. The second kappa shape index (κ2) is 6.18. The van der Waals surface area contributed by atoms with Crippen molar-refractivity contribution in [2.24, 2.45) is 21.7 Å². The summed E-state index contributed by atoms with van der Waals surface area (Å²) >= 11 is 0. The fourth-order valence-corrected chi connectivity index (χ4v) is 1.99. The maximum absolute atomic E-state index is 4.53. The van der Waals surface area contributed by atoms with E-state index in [4.69, 9.17) is 0 Å². The van der Waals surface area contributed by atoms with E-state index in [0.29, 0.717) is 11.3 Å². The smallest absolute Gasteiger partial charge is 0.0435 e. The molecule has 0 saturated heterocycles. The Morgan fingerprint density at radius 3 is 2.00 bits per heavy atom. The van der Waals surface area contributed by atoms with E-state index in [-0.39, 0.29) is 5.41 Å². The molecule has 0 aromatic heterocycles. The van der Waals surface area contributed by atoms with Crippen molar-refractivity contribution in [3.8, 4) is 0 Å². The van der Waals surface area contributed by atoms with E-state index in [1.807, 2.05) is 25.3 Å². The van der Waals surface area contributed by atoms with Crippen molar-refractivity contribution in [1.29, 1.82) is 0 Å². The molecule has 0 bridgehead atoms. The van der Waals surface area contributed by atoms with Gasteiger partial charge in [-0.15, -0.1) is 0 Å². The van der Waals surface area contributed by atoms with Gasteiger partial charge in [0, 0.05) is 17.8 Å². The molecule has 0 saturated carbocycles. The third-order valence-electron chi connectivity index (χ3n) is 2.79. The molecule has 0 fully saturated rings. The maximum Gasteiger partial charge on any atom is 0.0435 e. The van der Waals surface area contributed by atoms with E-state index in [1.54, 1.807) is 0 Å². The fraction of sp³-hybridized carbons (Fsp3) is 0.688. The van der Waals surface area contributed by atoms with Crippen molar-refractivity contribution < 1.29 is 0 Å². The number of hydrogen-bond acceptors (Lipinski definition) is 1. The van der Waals surface area contributed by atoms with Gasteiger partial charge in [-0.05, 0) is 30.3 Å². The normalized spacial score (nSPS) is 16.3. The Labute approximate surface area is 108 Å². The summed E-state index contributed by atoms with van der Waals surface area (Å²) < 4.78 is 0. The summed E-state index contributed by atoms with van der Waals surface area (Å²) in [5, 5.41) is 0. The molecule has 0 aromatic rings. The monoisotopic (exact) mass is 235 g/mol. The van der Waals surface area contributed by atoms with E-state index in [1.165, 1.54) is 0 Å². The molecule has 0 aliphatic carbocycles. The quantitative estimate of drug-likeness (QED) is 0.466. The van der Waals surface area contributed by atoms with Crippen LogP contribution in [0.25, 0.3) is 0 Å². The van der Waals surface area contributed by atoms with Crippen LogP contribution in [0.5, 0.6) is 0 Å². The molecule has 0 amide bonds. The SMILES string of the molecule is C=C/C=C(\N=CC)C(CC(C)(C)C)C(C)(C)C. The van der Waals surface area contributed by atoms with Crippen LogP contribution in [0.1, 0.15) is 54.9 Å². The van der Waals surface area contributed by atoms with Crippen molar-refractivity contribution >= 4 is 6.21 Å². The van der Waals surface area contributed by atoms with Crippen LogP contribution in [-0.4, -0.2) is 6.21 Å². The van der Waals surface area contributed by atoms with Crippen molar-refractivity contribution in [2.75, 3.05) is 0 Å². The molecule has 1 atom stereocenters. The zero-order valence-electron chi connectivity index (χ0n) is 12.7. The first-order chi connectivity index (χ1) is 7.61. The van der Waals surface area contributed by atoms with E-state index in [0.717, 1.165) is 12.1 Å². The van der Waals surface area contributed by atoms with Gasteiger partial charge < -0.3 is 0 Å². The van der Waals surface area contributed by atoms with E-state index in [9.17, 15) is 0 Å². The number of rotatable bonds is 4. The summed E-state index contributed by atoms with van der Waals surface area (Å²) in [4.78, 5) is 4.53. The summed E-state index contributed by atoms with van der Waals surface area (Å²) in [5.41, 5.74) is 1.67. The first-order valence-corrected chi connectivity index (χ1v) is 6.43. The molecule has 0 spiro atoms. The highest BCUT2D eigenvalue weighted by Gasteiger charge is 2.31. The highest BCUT2D eigenvalue weighted by molar-refractivity contribution is 5.55. The lowest BCUT2D eigenvalue weighted by Gasteiger charge is -2.36. The molecule has 1 heteroatoms. The highest BCUT2D eigenvalue weighted by Crippen LogP contribution is 2.40. The predicted octanol–water partition coefficient (Wildman–Crippen LogP) is 5.25.